The minimum Gasteiger partial charge on any atom is -0.493 e. The van der Waals surface area contributed by atoms with Crippen molar-refractivity contribution in [3.05, 3.63) is 47.7 Å². The topological polar surface area (TPSA) is 75.4 Å². The van der Waals surface area contributed by atoms with Crippen LogP contribution >= 0.6 is 0 Å². The number of aliphatic imine (C=N–C) groups is 1. The van der Waals surface area contributed by atoms with Crippen molar-refractivity contribution in [2.75, 3.05) is 26.7 Å². The van der Waals surface area contributed by atoms with Crippen LogP contribution < -0.4 is 10.2 Å². The lowest BCUT2D eigenvalue weighted by Crippen LogP contribution is -2.43. The van der Waals surface area contributed by atoms with E-state index in [1.807, 2.05) is 19.1 Å². The molecular formula is C23H33N5O3. The fourth-order valence-electron chi connectivity index (χ4n) is 3.74. The fourth-order valence-corrected chi connectivity index (χ4v) is 3.74. The standard InChI is InChI=1S/C23H33N5O3/c1-17(2)16-29-20-7-5-19(6-8-20)14-28(15-21-13-24-18(3)30-21)22-25-23(31-26-22)9-11-27(4)12-10-23/h5-8,13,17H,9-12,14-16H2,1-4H3,(H,25,26). The van der Waals surface area contributed by atoms with Crippen LogP contribution in [-0.2, 0) is 17.9 Å². The maximum absolute atomic E-state index is 5.99. The second-order valence-electron chi connectivity index (χ2n) is 8.94. The molecule has 168 valence electrons. The molecule has 3 heterocycles. The van der Waals surface area contributed by atoms with E-state index in [0.29, 0.717) is 31.5 Å². The van der Waals surface area contributed by atoms with Gasteiger partial charge in [0.15, 0.2) is 11.6 Å². The van der Waals surface area contributed by atoms with Crippen molar-refractivity contribution in [2.45, 2.75) is 52.4 Å². The molecule has 0 atom stereocenters. The molecule has 1 spiro atoms. The lowest BCUT2D eigenvalue weighted by atomic mass is 10.0. The van der Waals surface area contributed by atoms with Crippen LogP contribution in [0.2, 0.25) is 0 Å². The summed E-state index contributed by atoms with van der Waals surface area (Å²) in [5.41, 5.74) is 3.77. The molecule has 0 aliphatic carbocycles. The summed E-state index contributed by atoms with van der Waals surface area (Å²) in [6.07, 6.45) is 3.52. The Morgan fingerprint density at radius 2 is 1.94 bits per heavy atom. The number of piperidine rings is 1. The normalized spacial score (nSPS) is 18.3. The van der Waals surface area contributed by atoms with Gasteiger partial charge in [0.05, 0.1) is 19.3 Å². The molecule has 1 aromatic heterocycles. The fraction of sp³-hybridized carbons (Fsp3) is 0.565. The molecule has 1 saturated heterocycles. The first-order valence-electron chi connectivity index (χ1n) is 11.0. The zero-order chi connectivity index (χ0) is 21.8. The summed E-state index contributed by atoms with van der Waals surface area (Å²) in [5.74, 6) is 3.58. The largest absolute Gasteiger partial charge is 0.493 e. The average Bonchev–Trinajstić information content (AvgIpc) is 3.36. The number of benzene rings is 1. The van der Waals surface area contributed by atoms with E-state index < -0.39 is 5.72 Å². The number of oxazole rings is 1. The van der Waals surface area contributed by atoms with Gasteiger partial charge in [-0.25, -0.2) is 20.3 Å². The highest BCUT2D eigenvalue weighted by Gasteiger charge is 2.40. The zero-order valence-corrected chi connectivity index (χ0v) is 18.9. The van der Waals surface area contributed by atoms with Crippen molar-refractivity contribution in [2.24, 2.45) is 10.9 Å². The van der Waals surface area contributed by atoms with Crippen molar-refractivity contribution in [3.63, 3.8) is 0 Å². The molecule has 0 saturated carbocycles. The summed E-state index contributed by atoms with van der Waals surface area (Å²) in [6.45, 7) is 10.0. The first-order valence-corrected chi connectivity index (χ1v) is 11.0. The maximum Gasteiger partial charge on any atom is 0.222 e. The number of aryl methyl sites for hydroxylation is 1. The molecule has 0 bridgehead atoms. The monoisotopic (exact) mass is 427 g/mol. The molecule has 1 N–H and O–H groups in total. The lowest BCUT2D eigenvalue weighted by Gasteiger charge is -2.33. The minimum atomic E-state index is -0.480. The number of hydroxylamine groups is 1. The molecule has 31 heavy (non-hydrogen) atoms. The zero-order valence-electron chi connectivity index (χ0n) is 18.9. The van der Waals surface area contributed by atoms with Crippen LogP contribution in [-0.4, -0.2) is 53.2 Å². The van der Waals surface area contributed by atoms with Gasteiger partial charge in [-0.15, -0.1) is 0 Å². The highest BCUT2D eigenvalue weighted by atomic mass is 16.7. The quantitative estimate of drug-likeness (QED) is 0.726. The summed E-state index contributed by atoms with van der Waals surface area (Å²) >= 11 is 0. The van der Waals surface area contributed by atoms with E-state index in [1.165, 1.54) is 0 Å². The molecule has 2 aliphatic rings. The van der Waals surface area contributed by atoms with Crippen molar-refractivity contribution >= 4 is 5.96 Å². The van der Waals surface area contributed by atoms with E-state index in [0.717, 1.165) is 49.0 Å². The van der Waals surface area contributed by atoms with Gasteiger partial charge in [0.2, 0.25) is 5.96 Å². The van der Waals surface area contributed by atoms with Gasteiger partial charge in [0.25, 0.3) is 0 Å². The number of nitrogens with zero attached hydrogens (tertiary/aromatic N) is 4. The number of ether oxygens (including phenoxy) is 1. The molecule has 0 radical (unpaired) electrons. The van der Waals surface area contributed by atoms with E-state index in [4.69, 9.17) is 19.0 Å². The van der Waals surface area contributed by atoms with Crippen LogP contribution in [0, 0.1) is 12.8 Å². The highest BCUT2D eigenvalue weighted by molar-refractivity contribution is 5.80. The molecule has 0 unspecified atom stereocenters. The van der Waals surface area contributed by atoms with E-state index in [9.17, 15) is 0 Å². The molecule has 2 aromatic rings. The van der Waals surface area contributed by atoms with Gasteiger partial charge < -0.3 is 19.0 Å². The van der Waals surface area contributed by atoms with E-state index in [2.05, 4.69) is 53.3 Å². The van der Waals surface area contributed by atoms with Gasteiger partial charge in [0.1, 0.15) is 11.5 Å². The third kappa shape index (κ3) is 5.57. The molecule has 8 heteroatoms. The van der Waals surface area contributed by atoms with Gasteiger partial charge >= 0.3 is 0 Å². The Labute approximate surface area is 184 Å². The maximum atomic E-state index is 5.99. The van der Waals surface area contributed by atoms with E-state index >= 15 is 0 Å². The Balaban J connectivity index is 1.49. The van der Waals surface area contributed by atoms with Gasteiger partial charge in [-0.05, 0) is 30.7 Å². The number of likely N-dealkylation sites (tertiary alicyclic amines) is 1. The summed E-state index contributed by atoms with van der Waals surface area (Å²) < 4.78 is 11.5. The van der Waals surface area contributed by atoms with E-state index in [-0.39, 0.29) is 0 Å². The lowest BCUT2D eigenvalue weighted by molar-refractivity contribution is -0.0875. The predicted octanol–water partition coefficient (Wildman–Crippen LogP) is 3.33. The summed E-state index contributed by atoms with van der Waals surface area (Å²) in [5, 5.41) is 0. The number of nitrogens with one attached hydrogen (secondary N) is 1. The number of hydrogen-bond donors (Lipinski definition) is 1. The Hall–Kier alpha value is -2.58. The summed E-state index contributed by atoms with van der Waals surface area (Å²) in [4.78, 5) is 19.6. The first kappa shape index (κ1) is 21.6. The van der Waals surface area contributed by atoms with Gasteiger partial charge in [-0.3, -0.25) is 0 Å². The Morgan fingerprint density at radius 3 is 2.58 bits per heavy atom. The second-order valence-corrected chi connectivity index (χ2v) is 8.94. The third-order valence-corrected chi connectivity index (χ3v) is 5.61. The molecular weight excluding hydrogens is 394 g/mol. The molecule has 2 aliphatic heterocycles. The second kappa shape index (κ2) is 9.28. The van der Waals surface area contributed by atoms with Crippen molar-refractivity contribution in [1.82, 2.24) is 20.3 Å². The smallest absolute Gasteiger partial charge is 0.222 e. The Kier molecular flexibility index (Phi) is 6.48. The number of aromatic nitrogens is 1. The van der Waals surface area contributed by atoms with Gasteiger partial charge in [0, 0.05) is 39.4 Å². The van der Waals surface area contributed by atoms with Gasteiger partial charge in [-0.1, -0.05) is 26.0 Å². The van der Waals surface area contributed by atoms with Crippen molar-refractivity contribution < 1.29 is 14.0 Å². The highest BCUT2D eigenvalue weighted by Crippen LogP contribution is 2.30. The molecule has 8 nitrogen and oxygen atoms in total. The number of hydrogen-bond acceptors (Lipinski definition) is 8. The average molecular weight is 428 g/mol. The molecule has 1 aromatic carbocycles. The van der Waals surface area contributed by atoms with Gasteiger partial charge in [-0.2, -0.15) is 0 Å². The van der Waals surface area contributed by atoms with Crippen molar-refractivity contribution in [3.8, 4) is 5.75 Å². The minimum absolute atomic E-state index is 0.480. The van der Waals surface area contributed by atoms with Crippen LogP contribution in [0.15, 0.2) is 39.9 Å². The summed E-state index contributed by atoms with van der Waals surface area (Å²) in [6, 6.07) is 8.23. The van der Waals surface area contributed by atoms with Crippen LogP contribution in [0.5, 0.6) is 5.75 Å². The predicted molar refractivity (Wildman–Crippen MR) is 118 cm³/mol. The number of rotatable bonds is 7. The van der Waals surface area contributed by atoms with Crippen LogP contribution in [0.25, 0.3) is 0 Å². The molecule has 4 rings (SSSR count). The summed E-state index contributed by atoms with van der Waals surface area (Å²) in [7, 11) is 2.13. The molecule has 1 fully saturated rings. The number of guanidine groups is 1. The van der Waals surface area contributed by atoms with Crippen LogP contribution in [0.4, 0.5) is 0 Å². The van der Waals surface area contributed by atoms with Crippen LogP contribution in [0.3, 0.4) is 0 Å². The first-order chi connectivity index (χ1) is 14.9. The van der Waals surface area contributed by atoms with E-state index in [1.54, 1.807) is 6.20 Å². The Morgan fingerprint density at radius 1 is 1.19 bits per heavy atom. The third-order valence-electron chi connectivity index (χ3n) is 5.61. The van der Waals surface area contributed by atoms with Crippen molar-refractivity contribution in [1.29, 1.82) is 0 Å². The SMILES string of the molecule is Cc1ncc(CN(Cc2ccc(OCC(C)C)cc2)C2=NC3(CCN(C)CC3)ON2)o1. The van der Waals surface area contributed by atoms with Crippen LogP contribution in [0.1, 0.15) is 43.9 Å². The Bertz CT molecular complexity index is 885. The molecule has 0 amide bonds.